The molecule has 3 saturated heterocycles. The molecule has 0 saturated carbocycles. The van der Waals surface area contributed by atoms with E-state index in [-0.39, 0.29) is 0 Å². The van der Waals surface area contributed by atoms with Crippen molar-refractivity contribution >= 4 is 11.3 Å². The zero-order valence-corrected chi connectivity index (χ0v) is 12.3. The Morgan fingerprint density at radius 3 is 2.75 bits per heavy atom. The fourth-order valence-corrected chi connectivity index (χ4v) is 4.31. The van der Waals surface area contributed by atoms with Crippen LogP contribution in [0.4, 0.5) is 0 Å². The second-order valence-electron chi connectivity index (χ2n) is 5.67. The maximum atomic E-state index is 4.64. The van der Waals surface area contributed by atoms with Crippen molar-refractivity contribution in [1.29, 1.82) is 0 Å². The first-order valence-corrected chi connectivity index (χ1v) is 8.20. The van der Waals surface area contributed by atoms with Crippen molar-refractivity contribution in [2.24, 2.45) is 0 Å². The average Bonchev–Trinajstić information content (AvgIpc) is 2.81. The summed E-state index contributed by atoms with van der Waals surface area (Å²) in [7, 11) is 0. The number of piperidine rings is 1. The smallest absolute Gasteiger partial charge is 0.123 e. The Morgan fingerprint density at radius 2 is 1.95 bits per heavy atom. The molecule has 1 aromatic carbocycles. The van der Waals surface area contributed by atoms with E-state index in [4.69, 9.17) is 0 Å². The second kappa shape index (κ2) is 5.28. The Balaban J connectivity index is 1.61. The summed E-state index contributed by atoms with van der Waals surface area (Å²) in [6.07, 6.45) is 4.67. The largest absolute Gasteiger partial charge is 0.312 e. The van der Waals surface area contributed by atoms with Gasteiger partial charge < -0.3 is 5.32 Å². The summed E-state index contributed by atoms with van der Waals surface area (Å²) in [6.45, 7) is 3.52. The SMILES string of the molecule is c1ccc(-c2ncc(C3CNC4CCN3CC4)s2)cc1. The Bertz CT molecular complexity index is 572. The van der Waals surface area contributed by atoms with Crippen molar-refractivity contribution in [2.45, 2.75) is 24.9 Å². The van der Waals surface area contributed by atoms with Crippen molar-refractivity contribution in [2.75, 3.05) is 19.6 Å². The number of hydrogen-bond acceptors (Lipinski definition) is 4. The fourth-order valence-electron chi connectivity index (χ4n) is 3.26. The van der Waals surface area contributed by atoms with Crippen LogP contribution >= 0.6 is 11.3 Å². The van der Waals surface area contributed by atoms with Crippen LogP contribution in [-0.2, 0) is 0 Å². The number of hydrogen-bond donors (Lipinski definition) is 1. The molecule has 3 nitrogen and oxygen atoms in total. The van der Waals surface area contributed by atoms with Crippen molar-refractivity contribution in [3.8, 4) is 10.6 Å². The molecule has 3 aliphatic rings. The van der Waals surface area contributed by atoms with E-state index in [0.29, 0.717) is 6.04 Å². The molecule has 3 aliphatic heterocycles. The van der Waals surface area contributed by atoms with Gasteiger partial charge in [-0.1, -0.05) is 30.3 Å². The molecule has 0 spiro atoms. The van der Waals surface area contributed by atoms with E-state index in [9.17, 15) is 0 Å². The third-order valence-electron chi connectivity index (χ3n) is 4.44. The zero-order chi connectivity index (χ0) is 13.4. The van der Waals surface area contributed by atoms with E-state index in [1.807, 2.05) is 11.3 Å². The Morgan fingerprint density at radius 1 is 1.15 bits per heavy atom. The molecule has 20 heavy (non-hydrogen) atoms. The first kappa shape index (κ1) is 12.5. The molecule has 104 valence electrons. The minimum Gasteiger partial charge on any atom is -0.312 e. The number of nitrogens with one attached hydrogen (secondary N) is 1. The molecule has 4 heterocycles. The van der Waals surface area contributed by atoms with Gasteiger partial charge in [0.25, 0.3) is 0 Å². The molecule has 5 rings (SSSR count). The first-order valence-electron chi connectivity index (χ1n) is 7.39. The summed E-state index contributed by atoms with van der Waals surface area (Å²) in [6, 6.07) is 11.7. The van der Waals surface area contributed by atoms with Gasteiger partial charge >= 0.3 is 0 Å². The van der Waals surface area contributed by atoms with E-state index in [1.165, 1.54) is 36.4 Å². The number of fused-ring (bicyclic) bond motifs is 4. The lowest BCUT2D eigenvalue weighted by Gasteiger charge is -2.30. The van der Waals surface area contributed by atoms with E-state index >= 15 is 0 Å². The highest BCUT2D eigenvalue weighted by Crippen LogP contribution is 2.34. The summed E-state index contributed by atoms with van der Waals surface area (Å²) in [5, 5.41) is 4.85. The van der Waals surface area contributed by atoms with Crippen LogP contribution in [0.2, 0.25) is 0 Å². The molecular weight excluding hydrogens is 266 g/mol. The summed E-state index contributed by atoms with van der Waals surface area (Å²) in [5.74, 6) is 0. The van der Waals surface area contributed by atoms with E-state index in [2.05, 4.69) is 51.7 Å². The summed E-state index contributed by atoms with van der Waals surface area (Å²) in [4.78, 5) is 8.66. The quantitative estimate of drug-likeness (QED) is 0.919. The van der Waals surface area contributed by atoms with Gasteiger partial charge in [0, 0.05) is 42.3 Å². The third-order valence-corrected chi connectivity index (χ3v) is 5.59. The molecule has 4 heteroatoms. The van der Waals surface area contributed by atoms with E-state index in [0.717, 1.165) is 17.6 Å². The average molecular weight is 285 g/mol. The van der Waals surface area contributed by atoms with Crippen LogP contribution in [0.3, 0.4) is 0 Å². The van der Waals surface area contributed by atoms with Crippen molar-refractivity contribution in [3.05, 3.63) is 41.4 Å². The fraction of sp³-hybridized carbons (Fsp3) is 0.438. The highest BCUT2D eigenvalue weighted by atomic mass is 32.1. The Labute approximate surface area is 123 Å². The predicted octanol–water partition coefficient (Wildman–Crippen LogP) is 2.92. The van der Waals surface area contributed by atoms with Crippen LogP contribution in [0.1, 0.15) is 23.8 Å². The lowest BCUT2D eigenvalue weighted by atomic mass is 10.1. The molecule has 1 aromatic heterocycles. The number of nitrogens with zero attached hydrogens (tertiary/aromatic N) is 2. The molecule has 2 aromatic rings. The van der Waals surface area contributed by atoms with Gasteiger partial charge in [-0.2, -0.15) is 0 Å². The van der Waals surface area contributed by atoms with Crippen LogP contribution < -0.4 is 5.32 Å². The third kappa shape index (κ3) is 2.28. The number of thiazole rings is 1. The monoisotopic (exact) mass is 285 g/mol. The lowest BCUT2D eigenvalue weighted by Crippen LogP contribution is -2.35. The van der Waals surface area contributed by atoms with Crippen LogP contribution in [0, 0.1) is 0 Å². The Kier molecular flexibility index (Phi) is 3.30. The van der Waals surface area contributed by atoms with E-state index < -0.39 is 0 Å². The highest BCUT2D eigenvalue weighted by Gasteiger charge is 2.31. The van der Waals surface area contributed by atoms with Gasteiger partial charge in [-0.05, 0) is 12.8 Å². The molecule has 0 amide bonds. The van der Waals surface area contributed by atoms with Crippen LogP contribution in [-0.4, -0.2) is 35.6 Å². The first-order chi connectivity index (χ1) is 9.90. The van der Waals surface area contributed by atoms with Crippen molar-refractivity contribution in [1.82, 2.24) is 15.2 Å². The predicted molar refractivity (Wildman–Crippen MR) is 82.9 cm³/mol. The topological polar surface area (TPSA) is 28.2 Å². The summed E-state index contributed by atoms with van der Waals surface area (Å²) >= 11 is 1.85. The van der Waals surface area contributed by atoms with Gasteiger partial charge in [0.2, 0.25) is 0 Å². The maximum absolute atomic E-state index is 4.64. The second-order valence-corrected chi connectivity index (χ2v) is 6.73. The van der Waals surface area contributed by atoms with Crippen molar-refractivity contribution < 1.29 is 0 Å². The summed E-state index contributed by atoms with van der Waals surface area (Å²) in [5.41, 5.74) is 1.23. The van der Waals surface area contributed by atoms with Gasteiger partial charge in [0.05, 0.1) is 6.04 Å². The molecule has 1 atom stereocenters. The molecule has 1 N–H and O–H groups in total. The minimum absolute atomic E-state index is 0.512. The molecule has 2 bridgehead atoms. The molecule has 0 aliphatic carbocycles. The summed E-state index contributed by atoms with van der Waals surface area (Å²) < 4.78 is 0. The number of benzene rings is 1. The van der Waals surface area contributed by atoms with Crippen LogP contribution in [0.5, 0.6) is 0 Å². The molecule has 1 unspecified atom stereocenters. The standard InChI is InChI=1S/C16H19N3S/c1-2-4-12(5-3-1)16-18-11-15(20-16)14-10-17-13-6-8-19(14)9-7-13/h1-5,11,13-14,17H,6-10H2. The zero-order valence-electron chi connectivity index (χ0n) is 11.5. The van der Waals surface area contributed by atoms with Gasteiger partial charge in [0.1, 0.15) is 5.01 Å². The van der Waals surface area contributed by atoms with Gasteiger partial charge in [-0.25, -0.2) is 4.98 Å². The molecule has 3 fully saturated rings. The normalized spacial score (nSPS) is 29.3. The van der Waals surface area contributed by atoms with Crippen LogP contribution in [0.25, 0.3) is 10.6 Å². The van der Waals surface area contributed by atoms with Crippen molar-refractivity contribution in [3.63, 3.8) is 0 Å². The van der Waals surface area contributed by atoms with Gasteiger partial charge in [0.15, 0.2) is 0 Å². The maximum Gasteiger partial charge on any atom is 0.123 e. The van der Waals surface area contributed by atoms with Crippen LogP contribution in [0.15, 0.2) is 36.5 Å². The number of rotatable bonds is 2. The highest BCUT2D eigenvalue weighted by molar-refractivity contribution is 7.15. The molecule has 0 radical (unpaired) electrons. The lowest BCUT2D eigenvalue weighted by molar-refractivity contribution is 0.191. The van der Waals surface area contributed by atoms with Gasteiger partial charge in [-0.3, -0.25) is 4.90 Å². The van der Waals surface area contributed by atoms with Gasteiger partial charge in [-0.15, -0.1) is 11.3 Å². The number of aromatic nitrogens is 1. The minimum atomic E-state index is 0.512. The Hall–Kier alpha value is -1.23. The molecular formula is C16H19N3S. The van der Waals surface area contributed by atoms with E-state index in [1.54, 1.807) is 0 Å².